The molecule has 1 heterocycles. The Balaban J connectivity index is 1.46. The predicted molar refractivity (Wildman–Crippen MR) is 133 cm³/mol. The van der Waals surface area contributed by atoms with Crippen LogP contribution in [0.3, 0.4) is 0 Å². The Morgan fingerprint density at radius 2 is 1.59 bits per heavy atom. The fourth-order valence-electron chi connectivity index (χ4n) is 3.61. The lowest BCUT2D eigenvalue weighted by molar-refractivity contribution is -0.117. The Morgan fingerprint density at radius 3 is 2.35 bits per heavy atom. The first-order valence-corrected chi connectivity index (χ1v) is 11.0. The number of carbonyl (C=O) groups is 2. The summed E-state index contributed by atoms with van der Waals surface area (Å²) in [7, 11) is 0. The number of fused-ring (bicyclic) bond motifs is 1. The molecule has 0 bridgehead atoms. The molecular weight excluding hydrogens is 428 g/mol. The van der Waals surface area contributed by atoms with E-state index in [4.69, 9.17) is 0 Å². The number of hydrazine groups is 1. The third kappa shape index (κ3) is 5.10. The molecule has 2 N–H and O–H groups in total. The fraction of sp³-hybridized carbons (Fsp3) is 0.111. The number of amides is 2. The zero-order valence-electron chi connectivity index (χ0n) is 18.7. The normalized spacial score (nSPS) is 11.0. The molecule has 3 aromatic carbocycles. The van der Waals surface area contributed by atoms with E-state index in [9.17, 15) is 14.4 Å². The standard InChI is InChI=1S/C27H24N4O3/c1-2-17-31-27(34)23-14-7-6-13-22(23)25(30-31)26(33)29-28-24(32)16-15-19-9-8-12-21(18-19)20-10-4-3-5-11-20/h3-16,18H,2,17H2,1H3,(H,28,32)(H,29,33)/b16-15+. The Kier molecular flexibility index (Phi) is 6.93. The SMILES string of the molecule is CCCn1nc(C(=O)NNC(=O)/C=C/c2cccc(-c3ccccc3)c2)c2ccccc2c1=O. The maximum atomic E-state index is 12.8. The average molecular weight is 453 g/mol. The Hall–Kier alpha value is -4.52. The lowest BCUT2D eigenvalue weighted by atomic mass is 10.0. The predicted octanol–water partition coefficient (Wildman–Crippen LogP) is 3.95. The van der Waals surface area contributed by atoms with Crippen molar-refractivity contribution in [2.24, 2.45) is 0 Å². The highest BCUT2D eigenvalue weighted by molar-refractivity contribution is 6.05. The number of carbonyl (C=O) groups excluding carboxylic acids is 2. The molecule has 2 amide bonds. The summed E-state index contributed by atoms with van der Waals surface area (Å²) in [6.07, 6.45) is 3.70. The van der Waals surface area contributed by atoms with Crippen LogP contribution >= 0.6 is 0 Å². The zero-order valence-corrected chi connectivity index (χ0v) is 18.7. The first-order valence-electron chi connectivity index (χ1n) is 11.0. The van der Waals surface area contributed by atoms with Crippen LogP contribution in [-0.4, -0.2) is 21.6 Å². The van der Waals surface area contributed by atoms with Crippen LogP contribution < -0.4 is 16.4 Å². The van der Waals surface area contributed by atoms with Crippen LogP contribution in [-0.2, 0) is 11.3 Å². The molecule has 4 aromatic rings. The van der Waals surface area contributed by atoms with Gasteiger partial charge in [0.25, 0.3) is 17.4 Å². The van der Waals surface area contributed by atoms with Crippen molar-refractivity contribution in [2.75, 3.05) is 0 Å². The molecule has 0 spiro atoms. The molecule has 1 aromatic heterocycles. The van der Waals surface area contributed by atoms with Crippen LogP contribution in [0.1, 0.15) is 29.4 Å². The van der Waals surface area contributed by atoms with Gasteiger partial charge in [0.1, 0.15) is 0 Å². The van der Waals surface area contributed by atoms with E-state index in [0.29, 0.717) is 23.7 Å². The second-order valence-electron chi connectivity index (χ2n) is 7.69. The molecule has 4 rings (SSSR count). The number of rotatable bonds is 6. The van der Waals surface area contributed by atoms with Crippen molar-refractivity contribution in [3.63, 3.8) is 0 Å². The minimum absolute atomic E-state index is 0.0727. The Morgan fingerprint density at radius 1 is 0.882 bits per heavy atom. The molecular formula is C27H24N4O3. The largest absolute Gasteiger partial charge is 0.290 e. The van der Waals surface area contributed by atoms with Crippen molar-refractivity contribution in [1.29, 1.82) is 0 Å². The van der Waals surface area contributed by atoms with E-state index in [-0.39, 0.29) is 11.3 Å². The van der Waals surface area contributed by atoms with E-state index in [1.165, 1.54) is 10.8 Å². The van der Waals surface area contributed by atoms with Gasteiger partial charge in [-0.15, -0.1) is 0 Å². The Bertz CT molecular complexity index is 1430. The summed E-state index contributed by atoms with van der Waals surface area (Å²) >= 11 is 0. The molecule has 0 atom stereocenters. The molecule has 34 heavy (non-hydrogen) atoms. The van der Waals surface area contributed by atoms with Crippen LogP contribution in [0.2, 0.25) is 0 Å². The van der Waals surface area contributed by atoms with Crippen LogP contribution in [0.25, 0.3) is 28.0 Å². The summed E-state index contributed by atoms with van der Waals surface area (Å²) in [6.45, 7) is 2.31. The molecule has 0 saturated heterocycles. The van der Waals surface area contributed by atoms with Gasteiger partial charge >= 0.3 is 0 Å². The van der Waals surface area contributed by atoms with Gasteiger partial charge in [-0.1, -0.05) is 73.7 Å². The average Bonchev–Trinajstić information content (AvgIpc) is 2.88. The van der Waals surface area contributed by atoms with Crippen LogP contribution in [0, 0.1) is 0 Å². The van der Waals surface area contributed by atoms with Gasteiger partial charge in [-0.25, -0.2) is 4.68 Å². The van der Waals surface area contributed by atoms with E-state index >= 15 is 0 Å². The highest BCUT2D eigenvalue weighted by Gasteiger charge is 2.16. The van der Waals surface area contributed by atoms with Crippen molar-refractivity contribution in [3.8, 4) is 11.1 Å². The molecule has 0 aliphatic carbocycles. The van der Waals surface area contributed by atoms with Crippen LogP contribution in [0.15, 0.2) is 89.7 Å². The van der Waals surface area contributed by atoms with Crippen LogP contribution in [0.4, 0.5) is 0 Å². The van der Waals surface area contributed by atoms with Gasteiger partial charge in [0, 0.05) is 18.0 Å². The topological polar surface area (TPSA) is 93.1 Å². The zero-order chi connectivity index (χ0) is 23.9. The van der Waals surface area contributed by atoms with Crippen molar-refractivity contribution in [1.82, 2.24) is 20.6 Å². The van der Waals surface area contributed by atoms with Crippen LogP contribution in [0.5, 0.6) is 0 Å². The van der Waals surface area contributed by atoms with Gasteiger partial charge in [0.05, 0.1) is 5.39 Å². The van der Waals surface area contributed by atoms with Gasteiger partial charge in [0.15, 0.2) is 5.69 Å². The second kappa shape index (κ2) is 10.4. The summed E-state index contributed by atoms with van der Waals surface area (Å²) in [5.74, 6) is -1.10. The monoisotopic (exact) mass is 452 g/mol. The highest BCUT2D eigenvalue weighted by atomic mass is 16.2. The number of hydrogen-bond donors (Lipinski definition) is 2. The molecule has 0 radical (unpaired) electrons. The summed E-state index contributed by atoms with van der Waals surface area (Å²) in [4.78, 5) is 37.7. The molecule has 7 heteroatoms. The number of aromatic nitrogens is 2. The summed E-state index contributed by atoms with van der Waals surface area (Å²) < 4.78 is 1.28. The van der Waals surface area contributed by atoms with Crippen molar-refractivity contribution < 1.29 is 9.59 Å². The number of nitrogens with one attached hydrogen (secondary N) is 2. The number of nitrogens with zero attached hydrogens (tertiary/aromatic N) is 2. The van der Waals surface area contributed by atoms with Gasteiger partial charge < -0.3 is 0 Å². The molecule has 170 valence electrons. The minimum Gasteiger partial charge on any atom is -0.268 e. The molecule has 0 saturated carbocycles. The summed E-state index contributed by atoms with van der Waals surface area (Å²) in [5, 5.41) is 5.06. The smallest absolute Gasteiger partial charge is 0.268 e. The van der Waals surface area contributed by atoms with Gasteiger partial charge in [-0.05, 0) is 41.3 Å². The Labute approximate surface area is 196 Å². The lowest BCUT2D eigenvalue weighted by Crippen LogP contribution is -2.42. The highest BCUT2D eigenvalue weighted by Crippen LogP contribution is 2.20. The van der Waals surface area contributed by atoms with E-state index in [1.54, 1.807) is 30.3 Å². The van der Waals surface area contributed by atoms with Crippen molar-refractivity contribution in [2.45, 2.75) is 19.9 Å². The maximum absolute atomic E-state index is 12.8. The number of aryl methyl sites for hydroxylation is 1. The third-order valence-electron chi connectivity index (χ3n) is 5.24. The second-order valence-corrected chi connectivity index (χ2v) is 7.69. The minimum atomic E-state index is -0.603. The number of hydrogen-bond acceptors (Lipinski definition) is 4. The first kappa shape index (κ1) is 22.7. The summed E-state index contributed by atoms with van der Waals surface area (Å²) in [5.41, 5.74) is 7.55. The molecule has 0 aliphatic heterocycles. The maximum Gasteiger partial charge on any atom is 0.290 e. The van der Waals surface area contributed by atoms with E-state index < -0.39 is 11.8 Å². The molecule has 0 unspecified atom stereocenters. The van der Waals surface area contributed by atoms with Crippen molar-refractivity contribution >= 4 is 28.7 Å². The van der Waals surface area contributed by atoms with E-state index in [0.717, 1.165) is 16.7 Å². The third-order valence-corrected chi connectivity index (χ3v) is 5.24. The lowest BCUT2D eigenvalue weighted by Gasteiger charge is -2.10. The molecule has 0 fully saturated rings. The van der Waals surface area contributed by atoms with Gasteiger partial charge in [-0.2, -0.15) is 5.10 Å². The van der Waals surface area contributed by atoms with Crippen molar-refractivity contribution in [3.05, 3.63) is 107 Å². The fourth-order valence-corrected chi connectivity index (χ4v) is 3.61. The summed E-state index contributed by atoms with van der Waals surface area (Å²) in [6, 6.07) is 24.5. The molecule has 0 aliphatic rings. The number of benzene rings is 3. The van der Waals surface area contributed by atoms with E-state index in [1.807, 2.05) is 61.5 Å². The van der Waals surface area contributed by atoms with E-state index in [2.05, 4.69) is 16.0 Å². The van der Waals surface area contributed by atoms with Gasteiger partial charge in [0.2, 0.25) is 0 Å². The van der Waals surface area contributed by atoms with Gasteiger partial charge in [-0.3, -0.25) is 25.2 Å². The quantitative estimate of drug-likeness (QED) is 0.342. The first-order chi connectivity index (χ1) is 16.6. The molecule has 7 nitrogen and oxygen atoms in total.